The molecule has 0 amide bonds. The molecule has 0 aliphatic carbocycles. The van der Waals surface area contributed by atoms with Gasteiger partial charge in [0, 0.05) is 31.6 Å². The topological polar surface area (TPSA) is 57.7 Å². The molecule has 5 nitrogen and oxygen atoms in total. The van der Waals surface area contributed by atoms with Crippen molar-refractivity contribution in [1.82, 2.24) is 19.9 Å². The summed E-state index contributed by atoms with van der Waals surface area (Å²) in [7, 11) is 3.99. The Morgan fingerprint density at radius 3 is 2.76 bits per heavy atom. The number of hydrogen-bond donors (Lipinski definition) is 1. The maximum Gasteiger partial charge on any atom is 0.166 e. The Hall–Kier alpha value is -2.08. The highest BCUT2D eigenvalue weighted by molar-refractivity contribution is 7.98. The first kappa shape index (κ1) is 13.9. The second-order valence-electron chi connectivity index (χ2n) is 5.01. The van der Waals surface area contributed by atoms with Crippen LogP contribution in [0.2, 0.25) is 0 Å². The molecule has 3 aromatic rings. The lowest BCUT2D eigenvalue weighted by molar-refractivity contribution is 0.963. The van der Waals surface area contributed by atoms with Crippen LogP contribution in [0.5, 0.6) is 0 Å². The van der Waals surface area contributed by atoms with Crippen LogP contribution in [0.25, 0.3) is 11.0 Å². The van der Waals surface area contributed by atoms with Crippen LogP contribution in [0.15, 0.2) is 35.6 Å². The number of nitrogens with one attached hydrogen (secondary N) is 1. The van der Waals surface area contributed by atoms with E-state index in [4.69, 9.17) is 0 Å². The van der Waals surface area contributed by atoms with E-state index in [1.807, 2.05) is 56.4 Å². The van der Waals surface area contributed by atoms with Gasteiger partial charge in [0.15, 0.2) is 5.16 Å². The number of para-hydroxylation sites is 2. The van der Waals surface area contributed by atoms with Gasteiger partial charge in [-0.1, -0.05) is 23.9 Å². The Morgan fingerprint density at radius 2 is 2.00 bits per heavy atom. The summed E-state index contributed by atoms with van der Waals surface area (Å²) in [5.74, 6) is 2.54. The standard InChI is InChI=1S/C15H17N5S/c1-10-16-8-11(14(17-10)20(2)3)9-21-15-18-12-6-4-5-7-13(12)19-15/h4-8H,9H2,1-3H3,(H,18,19). The van der Waals surface area contributed by atoms with Crippen LogP contribution in [0.4, 0.5) is 5.82 Å². The number of rotatable bonds is 4. The molecule has 0 unspecified atom stereocenters. The van der Waals surface area contributed by atoms with E-state index in [2.05, 4.69) is 19.9 Å². The predicted molar refractivity (Wildman–Crippen MR) is 86.8 cm³/mol. The molecule has 0 fully saturated rings. The number of aryl methyl sites for hydroxylation is 1. The molecule has 6 heteroatoms. The minimum Gasteiger partial charge on any atom is -0.362 e. The number of H-pyrrole nitrogens is 1. The van der Waals surface area contributed by atoms with Crippen molar-refractivity contribution in [2.24, 2.45) is 0 Å². The van der Waals surface area contributed by atoms with Crippen molar-refractivity contribution in [3.8, 4) is 0 Å². The first-order chi connectivity index (χ1) is 10.1. The van der Waals surface area contributed by atoms with Crippen molar-refractivity contribution in [1.29, 1.82) is 0 Å². The van der Waals surface area contributed by atoms with E-state index in [-0.39, 0.29) is 0 Å². The normalized spacial score (nSPS) is 11.0. The molecule has 0 aliphatic heterocycles. The van der Waals surface area contributed by atoms with Gasteiger partial charge in [0.2, 0.25) is 0 Å². The van der Waals surface area contributed by atoms with E-state index < -0.39 is 0 Å². The summed E-state index contributed by atoms with van der Waals surface area (Å²) < 4.78 is 0. The maximum atomic E-state index is 4.57. The fourth-order valence-corrected chi connectivity index (χ4v) is 2.96. The van der Waals surface area contributed by atoms with Crippen LogP contribution in [-0.2, 0) is 5.75 Å². The van der Waals surface area contributed by atoms with Crippen molar-refractivity contribution in [3.05, 3.63) is 41.9 Å². The molecule has 0 aliphatic rings. The van der Waals surface area contributed by atoms with Gasteiger partial charge in [0.25, 0.3) is 0 Å². The van der Waals surface area contributed by atoms with Crippen molar-refractivity contribution in [2.45, 2.75) is 17.8 Å². The van der Waals surface area contributed by atoms with Crippen LogP contribution in [0.1, 0.15) is 11.4 Å². The largest absolute Gasteiger partial charge is 0.362 e. The predicted octanol–water partition coefficient (Wildman–Crippen LogP) is 3.02. The van der Waals surface area contributed by atoms with Gasteiger partial charge in [-0.3, -0.25) is 0 Å². The molecule has 0 spiro atoms. The van der Waals surface area contributed by atoms with Gasteiger partial charge >= 0.3 is 0 Å². The Labute approximate surface area is 127 Å². The summed E-state index contributed by atoms with van der Waals surface area (Å²) in [6.07, 6.45) is 1.90. The quantitative estimate of drug-likeness (QED) is 0.750. The number of aromatic amines is 1. The SMILES string of the molecule is Cc1ncc(CSc2nc3ccccc3[nH]2)c(N(C)C)n1. The van der Waals surface area contributed by atoms with Crippen LogP contribution < -0.4 is 4.90 Å². The van der Waals surface area contributed by atoms with E-state index in [1.165, 1.54) is 0 Å². The lowest BCUT2D eigenvalue weighted by Crippen LogP contribution is -2.14. The molecule has 1 N–H and O–H groups in total. The second-order valence-corrected chi connectivity index (χ2v) is 5.97. The molecule has 0 atom stereocenters. The van der Waals surface area contributed by atoms with E-state index in [0.29, 0.717) is 0 Å². The highest BCUT2D eigenvalue weighted by atomic mass is 32.2. The third-order valence-electron chi connectivity index (χ3n) is 3.12. The van der Waals surface area contributed by atoms with Gasteiger partial charge in [-0.05, 0) is 19.1 Å². The second kappa shape index (κ2) is 5.73. The van der Waals surface area contributed by atoms with Gasteiger partial charge in [0.05, 0.1) is 11.0 Å². The van der Waals surface area contributed by atoms with Crippen molar-refractivity contribution in [3.63, 3.8) is 0 Å². The number of nitrogens with zero attached hydrogens (tertiary/aromatic N) is 4. The number of aromatic nitrogens is 4. The minimum atomic E-state index is 0.785. The smallest absolute Gasteiger partial charge is 0.166 e. The minimum absolute atomic E-state index is 0.785. The number of thioether (sulfide) groups is 1. The molecule has 21 heavy (non-hydrogen) atoms. The van der Waals surface area contributed by atoms with Crippen molar-refractivity contribution in [2.75, 3.05) is 19.0 Å². The third kappa shape index (κ3) is 3.00. The van der Waals surface area contributed by atoms with E-state index >= 15 is 0 Å². The summed E-state index contributed by atoms with van der Waals surface area (Å²) in [5, 5.41) is 0.918. The average molecular weight is 299 g/mol. The lowest BCUT2D eigenvalue weighted by atomic mass is 10.3. The van der Waals surface area contributed by atoms with Crippen LogP contribution >= 0.6 is 11.8 Å². The Balaban J connectivity index is 1.81. The first-order valence-corrected chi connectivity index (χ1v) is 7.69. The molecule has 108 valence electrons. The highest BCUT2D eigenvalue weighted by Crippen LogP contribution is 2.26. The molecule has 2 heterocycles. The van der Waals surface area contributed by atoms with E-state index in [1.54, 1.807) is 11.8 Å². The number of fused-ring (bicyclic) bond motifs is 1. The molecule has 0 saturated carbocycles. The van der Waals surface area contributed by atoms with Crippen LogP contribution in [0, 0.1) is 6.92 Å². The molecule has 0 saturated heterocycles. The Morgan fingerprint density at radius 1 is 1.19 bits per heavy atom. The molecule has 0 bridgehead atoms. The van der Waals surface area contributed by atoms with Gasteiger partial charge in [-0.2, -0.15) is 0 Å². The molecule has 0 radical (unpaired) electrons. The van der Waals surface area contributed by atoms with Gasteiger partial charge in [-0.15, -0.1) is 0 Å². The zero-order valence-corrected chi connectivity index (χ0v) is 13.1. The summed E-state index contributed by atoms with van der Waals surface area (Å²) in [6.45, 7) is 1.91. The maximum absolute atomic E-state index is 4.57. The number of anilines is 1. The molecular formula is C15H17N5S. The monoisotopic (exact) mass is 299 g/mol. The zero-order valence-electron chi connectivity index (χ0n) is 12.3. The van der Waals surface area contributed by atoms with Crippen molar-refractivity contribution < 1.29 is 0 Å². The van der Waals surface area contributed by atoms with Crippen molar-refractivity contribution >= 4 is 28.6 Å². The Kier molecular flexibility index (Phi) is 3.79. The summed E-state index contributed by atoms with van der Waals surface area (Å²) in [6, 6.07) is 8.05. The van der Waals surface area contributed by atoms with Crippen LogP contribution in [0.3, 0.4) is 0 Å². The fourth-order valence-electron chi connectivity index (χ4n) is 2.12. The fraction of sp³-hybridized carbons (Fsp3) is 0.267. The molecule has 3 rings (SSSR count). The third-order valence-corrected chi connectivity index (χ3v) is 4.04. The summed E-state index contributed by atoms with van der Waals surface area (Å²) in [4.78, 5) is 18.7. The number of hydrogen-bond acceptors (Lipinski definition) is 5. The van der Waals surface area contributed by atoms with Gasteiger partial charge < -0.3 is 9.88 Å². The molecule has 1 aromatic carbocycles. The summed E-state index contributed by atoms with van der Waals surface area (Å²) in [5.41, 5.74) is 3.16. The van der Waals surface area contributed by atoms with Crippen LogP contribution in [-0.4, -0.2) is 34.0 Å². The molecular weight excluding hydrogens is 282 g/mol. The summed E-state index contributed by atoms with van der Waals surface area (Å²) >= 11 is 1.66. The van der Waals surface area contributed by atoms with E-state index in [9.17, 15) is 0 Å². The Bertz CT molecular complexity index is 733. The first-order valence-electron chi connectivity index (χ1n) is 6.71. The van der Waals surface area contributed by atoms with E-state index in [0.717, 1.165) is 39.1 Å². The highest BCUT2D eigenvalue weighted by Gasteiger charge is 2.10. The number of imidazole rings is 1. The molecule has 2 aromatic heterocycles. The zero-order chi connectivity index (χ0) is 14.8. The number of benzene rings is 1. The van der Waals surface area contributed by atoms with Gasteiger partial charge in [-0.25, -0.2) is 15.0 Å². The average Bonchev–Trinajstić information content (AvgIpc) is 2.88. The van der Waals surface area contributed by atoms with Gasteiger partial charge in [0.1, 0.15) is 11.6 Å². The lowest BCUT2D eigenvalue weighted by Gasteiger charge is -2.15.